The van der Waals surface area contributed by atoms with Gasteiger partial charge in [-0.05, 0) is 28.0 Å². The molecule has 4 rings (SSSR count). The molecular weight excluding hydrogens is 284 g/mol. The van der Waals surface area contributed by atoms with Crippen LogP contribution in [0.15, 0.2) is 72.3 Å². The van der Waals surface area contributed by atoms with Crippen molar-refractivity contribution in [1.29, 1.82) is 0 Å². The molecule has 1 N–H and O–H groups in total. The van der Waals surface area contributed by atoms with Crippen LogP contribution in [0.2, 0.25) is 0 Å². The second-order valence-corrected chi connectivity index (χ2v) is 5.87. The molecule has 0 radical (unpaired) electrons. The van der Waals surface area contributed by atoms with Crippen LogP contribution in [0.1, 0.15) is 34.0 Å². The van der Waals surface area contributed by atoms with E-state index in [1.807, 2.05) is 48.5 Å². The van der Waals surface area contributed by atoms with Gasteiger partial charge in [-0.1, -0.05) is 66.7 Å². The van der Waals surface area contributed by atoms with Crippen molar-refractivity contribution < 1.29 is 9.90 Å². The topological polar surface area (TPSA) is 37.3 Å². The molecule has 0 spiro atoms. The maximum absolute atomic E-state index is 12.7. The Balaban J connectivity index is 1.84. The average Bonchev–Trinajstić information content (AvgIpc) is 2.60. The van der Waals surface area contributed by atoms with E-state index in [9.17, 15) is 9.90 Å². The summed E-state index contributed by atoms with van der Waals surface area (Å²) in [6.07, 6.45) is 1.66. The Morgan fingerprint density at radius 1 is 0.913 bits per heavy atom. The lowest BCUT2D eigenvalue weighted by atomic mass is 9.84. The molecule has 0 saturated heterocycles. The number of rotatable bonds is 1. The lowest BCUT2D eigenvalue weighted by Gasteiger charge is -2.22. The second-order valence-electron chi connectivity index (χ2n) is 5.87. The number of aliphatic hydroxyl groups excluding tert-OH is 1. The highest BCUT2D eigenvalue weighted by molar-refractivity contribution is 6.14. The highest BCUT2D eigenvalue weighted by Crippen LogP contribution is 2.34. The molecule has 0 aromatic heterocycles. The molecule has 3 aromatic rings. The summed E-state index contributed by atoms with van der Waals surface area (Å²) in [5.41, 5.74) is 3.01. The molecule has 1 aliphatic rings. The van der Waals surface area contributed by atoms with E-state index in [4.69, 9.17) is 0 Å². The molecule has 112 valence electrons. The lowest BCUT2D eigenvalue weighted by Crippen LogP contribution is -2.18. The number of benzene rings is 3. The van der Waals surface area contributed by atoms with Gasteiger partial charge in [-0.15, -0.1) is 0 Å². The van der Waals surface area contributed by atoms with Gasteiger partial charge in [0.25, 0.3) is 0 Å². The van der Waals surface area contributed by atoms with Gasteiger partial charge in [0.2, 0.25) is 0 Å². The number of fused-ring (bicyclic) bond motifs is 2. The zero-order valence-corrected chi connectivity index (χ0v) is 12.6. The molecule has 23 heavy (non-hydrogen) atoms. The van der Waals surface area contributed by atoms with Crippen LogP contribution in [0.3, 0.4) is 0 Å². The van der Waals surface area contributed by atoms with E-state index in [0.717, 1.165) is 21.9 Å². The van der Waals surface area contributed by atoms with E-state index in [0.29, 0.717) is 17.6 Å². The van der Waals surface area contributed by atoms with Gasteiger partial charge >= 0.3 is 0 Å². The minimum atomic E-state index is -0.620. The van der Waals surface area contributed by atoms with Gasteiger partial charge in [0.15, 0.2) is 5.78 Å². The molecule has 1 aliphatic carbocycles. The third-order valence-corrected chi connectivity index (χ3v) is 4.42. The van der Waals surface area contributed by atoms with Crippen LogP contribution in [0.5, 0.6) is 0 Å². The van der Waals surface area contributed by atoms with Crippen molar-refractivity contribution in [2.24, 2.45) is 0 Å². The fraction of sp³-hybridized carbons (Fsp3) is 0.0952. The standard InChI is InChI=1S/C21H16O2/c22-20-13-16(21(23)19-11-4-3-10-18(19)20)12-15-8-5-7-14-6-1-2-9-17(14)15/h1-12,20,22H,13H2/b16-12+/t20-/m0/s1. The highest BCUT2D eigenvalue weighted by Gasteiger charge is 2.27. The van der Waals surface area contributed by atoms with Crippen LogP contribution in [-0.4, -0.2) is 10.9 Å². The van der Waals surface area contributed by atoms with Crippen molar-refractivity contribution in [2.45, 2.75) is 12.5 Å². The molecule has 0 saturated carbocycles. The lowest BCUT2D eigenvalue weighted by molar-refractivity contribution is 0.0979. The van der Waals surface area contributed by atoms with Gasteiger partial charge in [0.1, 0.15) is 0 Å². The molecular formula is C21H16O2. The molecule has 0 aliphatic heterocycles. The summed E-state index contributed by atoms with van der Waals surface area (Å²) in [5.74, 6) is 0.0128. The van der Waals surface area contributed by atoms with Gasteiger partial charge in [-0.2, -0.15) is 0 Å². The molecule has 2 heteroatoms. The number of hydrogen-bond acceptors (Lipinski definition) is 2. The predicted octanol–water partition coefficient (Wildman–Crippen LogP) is 4.54. The van der Waals surface area contributed by atoms with Gasteiger partial charge in [-0.3, -0.25) is 4.79 Å². The Bertz CT molecular complexity index is 932. The first-order valence-electron chi connectivity index (χ1n) is 7.74. The van der Waals surface area contributed by atoms with Gasteiger partial charge in [-0.25, -0.2) is 0 Å². The number of aliphatic hydroxyl groups is 1. The number of hydrogen-bond donors (Lipinski definition) is 1. The van der Waals surface area contributed by atoms with Crippen LogP contribution in [0.25, 0.3) is 16.8 Å². The normalized spacial score (nSPS) is 19.1. The molecule has 1 atom stereocenters. The van der Waals surface area contributed by atoms with Crippen molar-refractivity contribution in [2.75, 3.05) is 0 Å². The van der Waals surface area contributed by atoms with Crippen molar-refractivity contribution in [3.63, 3.8) is 0 Å². The maximum Gasteiger partial charge on any atom is 0.189 e. The first kappa shape index (κ1) is 13.9. The molecule has 0 heterocycles. The minimum Gasteiger partial charge on any atom is -0.388 e. The fourth-order valence-corrected chi connectivity index (χ4v) is 3.27. The van der Waals surface area contributed by atoms with E-state index >= 15 is 0 Å². The minimum absolute atomic E-state index is 0.0128. The van der Waals surface area contributed by atoms with Crippen LogP contribution < -0.4 is 0 Å². The number of carbonyl (C=O) groups excluding carboxylic acids is 1. The fourth-order valence-electron chi connectivity index (χ4n) is 3.27. The summed E-state index contributed by atoms with van der Waals surface area (Å²) in [5, 5.41) is 12.6. The van der Waals surface area contributed by atoms with Crippen molar-refractivity contribution >= 4 is 22.6 Å². The summed E-state index contributed by atoms with van der Waals surface area (Å²) in [4.78, 5) is 12.7. The molecule has 0 fully saturated rings. The summed E-state index contributed by atoms with van der Waals surface area (Å²) in [6.45, 7) is 0. The highest BCUT2D eigenvalue weighted by atomic mass is 16.3. The summed E-state index contributed by atoms with van der Waals surface area (Å²) < 4.78 is 0. The van der Waals surface area contributed by atoms with E-state index in [1.54, 1.807) is 6.07 Å². The zero-order valence-electron chi connectivity index (χ0n) is 12.6. The Hall–Kier alpha value is -2.71. The summed E-state index contributed by atoms with van der Waals surface area (Å²) in [7, 11) is 0. The Kier molecular flexibility index (Phi) is 3.32. The monoisotopic (exact) mass is 300 g/mol. The van der Waals surface area contributed by atoms with E-state index in [-0.39, 0.29) is 5.78 Å². The van der Waals surface area contributed by atoms with E-state index < -0.39 is 6.10 Å². The first-order valence-corrected chi connectivity index (χ1v) is 7.74. The quantitative estimate of drug-likeness (QED) is 0.670. The van der Waals surface area contributed by atoms with E-state index in [1.165, 1.54) is 0 Å². The zero-order chi connectivity index (χ0) is 15.8. The smallest absolute Gasteiger partial charge is 0.189 e. The third kappa shape index (κ3) is 2.37. The van der Waals surface area contributed by atoms with Crippen molar-refractivity contribution in [3.05, 3.63) is 89.0 Å². The second kappa shape index (κ2) is 5.49. The van der Waals surface area contributed by atoms with Crippen molar-refractivity contribution in [3.8, 4) is 0 Å². The number of Topliss-reactive ketones (excluding diaryl/α,β-unsaturated/α-hetero) is 1. The van der Waals surface area contributed by atoms with Gasteiger partial charge in [0.05, 0.1) is 6.10 Å². The molecule has 0 amide bonds. The Labute approximate surface area is 134 Å². The predicted molar refractivity (Wildman–Crippen MR) is 92.3 cm³/mol. The van der Waals surface area contributed by atoms with Gasteiger partial charge in [0, 0.05) is 17.6 Å². The van der Waals surface area contributed by atoms with Crippen LogP contribution >= 0.6 is 0 Å². The number of carbonyl (C=O) groups is 1. The van der Waals surface area contributed by atoms with Crippen molar-refractivity contribution in [1.82, 2.24) is 0 Å². The van der Waals surface area contributed by atoms with Crippen LogP contribution in [-0.2, 0) is 0 Å². The Morgan fingerprint density at radius 2 is 1.65 bits per heavy atom. The molecule has 3 aromatic carbocycles. The average molecular weight is 300 g/mol. The molecule has 0 bridgehead atoms. The largest absolute Gasteiger partial charge is 0.388 e. The SMILES string of the molecule is O=C1/C(=C/c2cccc3ccccc23)C[C@H](O)c2ccccc21. The summed E-state index contributed by atoms with van der Waals surface area (Å²) in [6, 6.07) is 21.5. The molecule has 0 unspecified atom stereocenters. The first-order chi connectivity index (χ1) is 11.2. The van der Waals surface area contributed by atoms with Gasteiger partial charge < -0.3 is 5.11 Å². The maximum atomic E-state index is 12.7. The van der Waals surface area contributed by atoms with E-state index in [2.05, 4.69) is 18.2 Å². The molecule has 2 nitrogen and oxygen atoms in total. The Morgan fingerprint density at radius 3 is 2.57 bits per heavy atom. The number of ketones is 1. The van der Waals surface area contributed by atoms with Crippen LogP contribution in [0, 0.1) is 0 Å². The summed E-state index contributed by atoms with van der Waals surface area (Å²) >= 11 is 0. The van der Waals surface area contributed by atoms with Crippen LogP contribution in [0.4, 0.5) is 0 Å². The third-order valence-electron chi connectivity index (χ3n) is 4.42.